The van der Waals surface area contributed by atoms with Gasteiger partial charge in [-0.15, -0.1) is 0 Å². The van der Waals surface area contributed by atoms with E-state index in [-0.39, 0.29) is 18.2 Å². The van der Waals surface area contributed by atoms with Gasteiger partial charge in [0.2, 0.25) is 11.4 Å². The molecule has 2 atom stereocenters. The molecule has 0 amide bonds. The molecular weight excluding hydrogens is 338 g/mol. The van der Waals surface area contributed by atoms with E-state index < -0.39 is 11.5 Å². The highest BCUT2D eigenvalue weighted by atomic mass is 16.6. The molecule has 4 rings (SSSR count). The van der Waals surface area contributed by atoms with Gasteiger partial charge in [-0.2, -0.15) is 0 Å². The van der Waals surface area contributed by atoms with E-state index in [0.29, 0.717) is 16.8 Å². The van der Waals surface area contributed by atoms with Crippen LogP contribution in [-0.2, 0) is 15.1 Å². The molecule has 4 nitrogen and oxygen atoms in total. The number of ether oxygens (including phenoxy) is 1. The SMILES string of the molecule is Nc1ccc([C@@H]2CC(=O)O[C@]2(C(=O)c2ccccc2)c2ccccc2)cc1. The molecule has 2 N–H and O–H groups in total. The third-order valence-corrected chi connectivity index (χ3v) is 5.05. The number of carbonyl (C=O) groups is 2. The van der Waals surface area contributed by atoms with E-state index in [0.717, 1.165) is 5.56 Å². The lowest BCUT2D eigenvalue weighted by Crippen LogP contribution is -2.40. The second-order valence-electron chi connectivity index (χ2n) is 6.69. The molecule has 4 heteroatoms. The van der Waals surface area contributed by atoms with Crippen LogP contribution in [-0.4, -0.2) is 11.8 Å². The number of hydrogen-bond donors (Lipinski definition) is 1. The number of rotatable bonds is 4. The van der Waals surface area contributed by atoms with E-state index in [1.807, 2.05) is 48.5 Å². The Hall–Kier alpha value is -3.40. The van der Waals surface area contributed by atoms with Gasteiger partial charge in [-0.05, 0) is 17.7 Å². The predicted molar refractivity (Wildman–Crippen MR) is 103 cm³/mol. The van der Waals surface area contributed by atoms with Crippen LogP contribution in [0.4, 0.5) is 5.69 Å². The summed E-state index contributed by atoms with van der Waals surface area (Å²) in [4.78, 5) is 26.1. The van der Waals surface area contributed by atoms with E-state index in [2.05, 4.69) is 0 Å². The summed E-state index contributed by atoms with van der Waals surface area (Å²) < 4.78 is 5.83. The molecule has 3 aromatic rings. The summed E-state index contributed by atoms with van der Waals surface area (Å²) >= 11 is 0. The second kappa shape index (κ2) is 6.72. The predicted octanol–water partition coefficient (Wildman–Crippen LogP) is 4.08. The number of nitrogens with two attached hydrogens (primary N) is 1. The number of Topliss-reactive ketones (excluding diaryl/α,β-unsaturated/α-hetero) is 1. The fourth-order valence-corrected chi connectivity index (χ4v) is 3.77. The van der Waals surface area contributed by atoms with Crippen molar-refractivity contribution in [1.82, 2.24) is 0 Å². The molecule has 27 heavy (non-hydrogen) atoms. The number of anilines is 1. The maximum absolute atomic E-state index is 13.7. The van der Waals surface area contributed by atoms with E-state index >= 15 is 0 Å². The molecule has 0 bridgehead atoms. The fraction of sp³-hybridized carbons (Fsp3) is 0.130. The third kappa shape index (κ3) is 2.89. The first-order valence-corrected chi connectivity index (χ1v) is 8.84. The van der Waals surface area contributed by atoms with Crippen molar-refractivity contribution in [2.24, 2.45) is 0 Å². The molecule has 1 fully saturated rings. The zero-order valence-electron chi connectivity index (χ0n) is 14.7. The van der Waals surface area contributed by atoms with Gasteiger partial charge < -0.3 is 10.5 Å². The van der Waals surface area contributed by atoms with Crippen LogP contribution >= 0.6 is 0 Å². The Balaban J connectivity index is 1.92. The normalized spacial score (nSPS) is 21.6. The standard InChI is InChI=1S/C23H19NO3/c24-19-13-11-16(12-14-19)20-15-21(25)27-23(20,18-9-5-2-6-10-18)22(26)17-7-3-1-4-8-17/h1-14,20H,15,24H2/t20-,23+/m0/s1. The maximum Gasteiger partial charge on any atom is 0.307 e. The first-order valence-electron chi connectivity index (χ1n) is 8.84. The van der Waals surface area contributed by atoms with Crippen molar-refractivity contribution in [3.05, 3.63) is 102 Å². The van der Waals surface area contributed by atoms with Crippen molar-refractivity contribution in [1.29, 1.82) is 0 Å². The Morgan fingerprint density at radius 3 is 2.11 bits per heavy atom. The van der Waals surface area contributed by atoms with E-state index in [9.17, 15) is 9.59 Å². The average molecular weight is 357 g/mol. The highest BCUT2D eigenvalue weighted by Gasteiger charge is 2.56. The monoisotopic (exact) mass is 357 g/mol. The van der Waals surface area contributed by atoms with Gasteiger partial charge in [-0.3, -0.25) is 9.59 Å². The lowest BCUT2D eigenvalue weighted by atomic mass is 9.73. The van der Waals surface area contributed by atoms with Crippen LogP contribution < -0.4 is 5.73 Å². The summed E-state index contributed by atoms with van der Waals surface area (Å²) in [5.74, 6) is -1.03. The summed E-state index contributed by atoms with van der Waals surface area (Å²) in [7, 11) is 0. The van der Waals surface area contributed by atoms with Gasteiger partial charge >= 0.3 is 5.97 Å². The van der Waals surface area contributed by atoms with Crippen LogP contribution in [0.15, 0.2) is 84.9 Å². The molecule has 0 aliphatic carbocycles. The number of nitrogen functional groups attached to an aromatic ring is 1. The minimum atomic E-state index is -1.39. The second-order valence-corrected chi connectivity index (χ2v) is 6.69. The van der Waals surface area contributed by atoms with Gasteiger partial charge in [0.05, 0.1) is 6.42 Å². The van der Waals surface area contributed by atoms with Crippen molar-refractivity contribution in [2.75, 3.05) is 5.73 Å². The van der Waals surface area contributed by atoms with Crippen molar-refractivity contribution < 1.29 is 14.3 Å². The summed E-state index contributed by atoms with van der Waals surface area (Å²) in [6.45, 7) is 0. The van der Waals surface area contributed by atoms with Gasteiger partial charge in [0.1, 0.15) is 0 Å². The number of hydrogen-bond acceptors (Lipinski definition) is 4. The lowest BCUT2D eigenvalue weighted by Gasteiger charge is -2.33. The largest absolute Gasteiger partial charge is 0.445 e. The Morgan fingerprint density at radius 2 is 1.48 bits per heavy atom. The molecule has 0 radical (unpaired) electrons. The van der Waals surface area contributed by atoms with E-state index in [1.54, 1.807) is 36.4 Å². The summed E-state index contributed by atoms with van der Waals surface area (Å²) in [5, 5.41) is 0. The molecule has 1 saturated heterocycles. The van der Waals surface area contributed by atoms with Crippen LogP contribution in [0.3, 0.4) is 0 Å². The molecule has 0 unspecified atom stereocenters. The van der Waals surface area contributed by atoms with Crippen LogP contribution in [0.5, 0.6) is 0 Å². The zero-order valence-corrected chi connectivity index (χ0v) is 14.7. The average Bonchev–Trinajstić information content (AvgIpc) is 3.07. The number of cyclic esters (lactones) is 1. The number of esters is 1. The van der Waals surface area contributed by atoms with Crippen molar-refractivity contribution in [2.45, 2.75) is 17.9 Å². The van der Waals surface area contributed by atoms with Crippen molar-refractivity contribution in [3.63, 3.8) is 0 Å². The molecule has 1 aliphatic heterocycles. The van der Waals surface area contributed by atoms with Crippen LogP contribution in [0.25, 0.3) is 0 Å². The zero-order chi connectivity index (χ0) is 18.9. The lowest BCUT2D eigenvalue weighted by molar-refractivity contribution is -0.146. The molecule has 3 aromatic carbocycles. The van der Waals surface area contributed by atoms with Crippen LogP contribution in [0, 0.1) is 0 Å². The molecular formula is C23H19NO3. The Morgan fingerprint density at radius 1 is 0.889 bits per heavy atom. The Labute approximate surface area is 157 Å². The smallest absolute Gasteiger partial charge is 0.307 e. The minimum absolute atomic E-state index is 0.136. The third-order valence-electron chi connectivity index (χ3n) is 5.05. The first-order chi connectivity index (χ1) is 13.1. The summed E-state index contributed by atoms with van der Waals surface area (Å²) in [5.41, 5.74) is 7.09. The number of ketones is 1. The highest BCUT2D eigenvalue weighted by Crippen LogP contribution is 2.49. The van der Waals surface area contributed by atoms with Gasteiger partial charge in [-0.25, -0.2) is 0 Å². The van der Waals surface area contributed by atoms with Gasteiger partial charge in [0.15, 0.2) is 0 Å². The van der Waals surface area contributed by atoms with Crippen molar-refractivity contribution in [3.8, 4) is 0 Å². The van der Waals surface area contributed by atoms with Gasteiger partial charge in [0, 0.05) is 22.7 Å². The van der Waals surface area contributed by atoms with Crippen LogP contribution in [0.1, 0.15) is 33.8 Å². The minimum Gasteiger partial charge on any atom is -0.445 e. The fourth-order valence-electron chi connectivity index (χ4n) is 3.77. The van der Waals surface area contributed by atoms with Gasteiger partial charge in [0.25, 0.3) is 0 Å². The summed E-state index contributed by atoms with van der Waals surface area (Å²) in [6.07, 6.45) is 0.136. The molecule has 1 aliphatic rings. The number of carbonyl (C=O) groups excluding carboxylic acids is 2. The van der Waals surface area contributed by atoms with E-state index in [1.165, 1.54) is 0 Å². The molecule has 0 spiro atoms. The highest BCUT2D eigenvalue weighted by molar-refractivity contribution is 6.06. The van der Waals surface area contributed by atoms with Gasteiger partial charge in [-0.1, -0.05) is 72.8 Å². The molecule has 0 aromatic heterocycles. The van der Waals surface area contributed by atoms with Crippen LogP contribution in [0.2, 0.25) is 0 Å². The van der Waals surface area contributed by atoms with Crippen molar-refractivity contribution >= 4 is 17.4 Å². The molecule has 0 saturated carbocycles. The Kier molecular flexibility index (Phi) is 4.24. The van der Waals surface area contributed by atoms with E-state index in [4.69, 9.17) is 10.5 Å². The quantitative estimate of drug-likeness (QED) is 0.434. The maximum atomic E-state index is 13.7. The topological polar surface area (TPSA) is 69.4 Å². The Bertz CT molecular complexity index is 968. The summed E-state index contributed by atoms with van der Waals surface area (Å²) in [6, 6.07) is 25.5. The molecule has 1 heterocycles. The molecule has 134 valence electrons. The first kappa shape index (κ1) is 17.0. The number of benzene rings is 3.